The normalized spacial score (nSPS) is 18.2. The van der Waals surface area contributed by atoms with Crippen molar-refractivity contribution in [1.29, 1.82) is 0 Å². The molecule has 0 aliphatic carbocycles. The van der Waals surface area contributed by atoms with Crippen molar-refractivity contribution in [3.05, 3.63) is 60.2 Å². The standard InChI is InChI=1S/C20H24BNO3/c1-19(2)20(3,4)25-21(24-19)16-11-8-12-17(14-16)22-18(23)13-15-9-6-5-7-10-15/h5-12,14H,13H2,1-4H3,(H,22,23). The van der Waals surface area contributed by atoms with Gasteiger partial charge in [-0.1, -0.05) is 42.5 Å². The summed E-state index contributed by atoms with van der Waals surface area (Å²) >= 11 is 0. The summed E-state index contributed by atoms with van der Waals surface area (Å²) in [5.41, 5.74) is 1.86. The average Bonchev–Trinajstić information content (AvgIpc) is 2.76. The Balaban J connectivity index is 1.69. The van der Waals surface area contributed by atoms with E-state index in [1.807, 2.05) is 82.3 Å². The van der Waals surface area contributed by atoms with E-state index >= 15 is 0 Å². The molecule has 1 fully saturated rings. The van der Waals surface area contributed by atoms with Crippen LogP contribution in [-0.4, -0.2) is 24.2 Å². The Kier molecular flexibility index (Phi) is 4.72. The predicted molar refractivity (Wildman–Crippen MR) is 101 cm³/mol. The van der Waals surface area contributed by atoms with Gasteiger partial charge in [0, 0.05) is 5.69 Å². The minimum absolute atomic E-state index is 0.0442. The monoisotopic (exact) mass is 337 g/mol. The van der Waals surface area contributed by atoms with Crippen molar-refractivity contribution in [2.24, 2.45) is 0 Å². The van der Waals surface area contributed by atoms with Crippen LogP contribution in [0.4, 0.5) is 5.69 Å². The highest BCUT2D eigenvalue weighted by atomic mass is 16.7. The topological polar surface area (TPSA) is 47.6 Å². The Bertz CT molecular complexity index is 743. The van der Waals surface area contributed by atoms with Crippen LogP contribution >= 0.6 is 0 Å². The average molecular weight is 337 g/mol. The first-order chi connectivity index (χ1) is 11.8. The maximum atomic E-state index is 12.2. The number of anilines is 1. The second kappa shape index (κ2) is 6.66. The molecule has 5 heteroatoms. The molecule has 0 spiro atoms. The van der Waals surface area contributed by atoms with Gasteiger partial charge >= 0.3 is 7.12 Å². The van der Waals surface area contributed by atoms with E-state index in [4.69, 9.17) is 9.31 Å². The highest BCUT2D eigenvalue weighted by Gasteiger charge is 2.51. The number of carbonyl (C=O) groups excluding carboxylic acids is 1. The molecular formula is C20H24BNO3. The van der Waals surface area contributed by atoms with Crippen molar-refractivity contribution >= 4 is 24.2 Å². The largest absolute Gasteiger partial charge is 0.494 e. The molecule has 1 N–H and O–H groups in total. The highest BCUT2D eigenvalue weighted by Crippen LogP contribution is 2.36. The van der Waals surface area contributed by atoms with Gasteiger partial charge in [-0.05, 0) is 50.9 Å². The smallest absolute Gasteiger partial charge is 0.399 e. The lowest BCUT2D eigenvalue weighted by atomic mass is 9.79. The number of hydrogen-bond donors (Lipinski definition) is 1. The Hall–Kier alpha value is -2.11. The van der Waals surface area contributed by atoms with Gasteiger partial charge < -0.3 is 14.6 Å². The van der Waals surface area contributed by atoms with E-state index in [0.29, 0.717) is 6.42 Å². The maximum absolute atomic E-state index is 12.2. The Morgan fingerprint density at radius 2 is 1.60 bits per heavy atom. The van der Waals surface area contributed by atoms with Crippen molar-refractivity contribution in [1.82, 2.24) is 0 Å². The number of amides is 1. The lowest BCUT2D eigenvalue weighted by molar-refractivity contribution is -0.115. The summed E-state index contributed by atoms with van der Waals surface area (Å²) in [6.07, 6.45) is 0.349. The summed E-state index contributed by atoms with van der Waals surface area (Å²) in [7, 11) is -0.434. The lowest BCUT2D eigenvalue weighted by Crippen LogP contribution is -2.41. The van der Waals surface area contributed by atoms with Gasteiger partial charge in [-0.2, -0.15) is 0 Å². The molecule has 1 amide bonds. The molecule has 0 aromatic heterocycles. The fourth-order valence-corrected chi connectivity index (χ4v) is 2.73. The van der Waals surface area contributed by atoms with Crippen LogP contribution in [0.1, 0.15) is 33.3 Å². The second-order valence-electron chi connectivity index (χ2n) is 7.42. The van der Waals surface area contributed by atoms with E-state index < -0.39 is 7.12 Å². The molecule has 1 aliphatic heterocycles. The fraction of sp³-hybridized carbons (Fsp3) is 0.350. The van der Waals surface area contributed by atoms with Gasteiger partial charge in [-0.3, -0.25) is 4.79 Å². The molecule has 0 radical (unpaired) electrons. The van der Waals surface area contributed by atoms with E-state index in [0.717, 1.165) is 16.7 Å². The van der Waals surface area contributed by atoms with Gasteiger partial charge in [0.25, 0.3) is 0 Å². The zero-order chi connectivity index (χ0) is 18.1. The molecule has 2 aromatic rings. The predicted octanol–water partition coefficient (Wildman–Crippen LogP) is 3.17. The lowest BCUT2D eigenvalue weighted by Gasteiger charge is -2.32. The van der Waals surface area contributed by atoms with Gasteiger partial charge in [0.1, 0.15) is 0 Å². The van der Waals surface area contributed by atoms with Crippen LogP contribution in [0, 0.1) is 0 Å². The summed E-state index contributed by atoms with van der Waals surface area (Å²) < 4.78 is 12.1. The zero-order valence-corrected chi connectivity index (χ0v) is 15.2. The summed E-state index contributed by atoms with van der Waals surface area (Å²) in [5, 5.41) is 2.95. The molecule has 25 heavy (non-hydrogen) atoms. The van der Waals surface area contributed by atoms with Crippen LogP contribution in [0.25, 0.3) is 0 Å². The van der Waals surface area contributed by atoms with Gasteiger partial charge in [0.15, 0.2) is 0 Å². The second-order valence-corrected chi connectivity index (χ2v) is 7.42. The number of benzene rings is 2. The van der Waals surface area contributed by atoms with Crippen LogP contribution in [0.3, 0.4) is 0 Å². The zero-order valence-electron chi connectivity index (χ0n) is 15.2. The van der Waals surface area contributed by atoms with E-state index in [1.54, 1.807) is 0 Å². The molecule has 130 valence electrons. The molecule has 0 unspecified atom stereocenters. The maximum Gasteiger partial charge on any atom is 0.494 e. The minimum atomic E-state index is -0.434. The number of hydrogen-bond acceptors (Lipinski definition) is 3. The molecule has 4 nitrogen and oxygen atoms in total. The number of nitrogens with one attached hydrogen (secondary N) is 1. The summed E-state index contributed by atoms with van der Waals surface area (Å²) in [6.45, 7) is 8.11. The van der Waals surface area contributed by atoms with Crippen molar-refractivity contribution in [3.63, 3.8) is 0 Å². The van der Waals surface area contributed by atoms with Crippen molar-refractivity contribution in [2.75, 3.05) is 5.32 Å². The van der Waals surface area contributed by atoms with Gasteiger partial charge in [0.05, 0.1) is 17.6 Å². The molecule has 2 aromatic carbocycles. The molecule has 1 saturated heterocycles. The third kappa shape index (κ3) is 3.94. The van der Waals surface area contributed by atoms with Crippen LogP contribution in [-0.2, 0) is 20.5 Å². The summed E-state index contributed by atoms with van der Waals surface area (Å²) in [5.74, 6) is -0.0442. The first kappa shape index (κ1) is 17.7. The molecule has 0 atom stereocenters. The third-order valence-corrected chi connectivity index (χ3v) is 4.90. The summed E-state index contributed by atoms with van der Waals surface area (Å²) in [6, 6.07) is 17.3. The fourth-order valence-electron chi connectivity index (χ4n) is 2.73. The van der Waals surface area contributed by atoms with Gasteiger partial charge in [0.2, 0.25) is 5.91 Å². The van der Waals surface area contributed by atoms with E-state index in [-0.39, 0.29) is 17.1 Å². The number of rotatable bonds is 4. The molecule has 0 saturated carbocycles. The molecule has 1 aliphatic rings. The van der Waals surface area contributed by atoms with Crippen molar-refractivity contribution in [2.45, 2.75) is 45.3 Å². The quantitative estimate of drug-likeness (QED) is 0.872. The molecule has 0 bridgehead atoms. The van der Waals surface area contributed by atoms with Crippen molar-refractivity contribution < 1.29 is 14.1 Å². The summed E-state index contributed by atoms with van der Waals surface area (Å²) in [4.78, 5) is 12.2. The van der Waals surface area contributed by atoms with Crippen LogP contribution in [0.2, 0.25) is 0 Å². The van der Waals surface area contributed by atoms with E-state index in [9.17, 15) is 4.79 Å². The van der Waals surface area contributed by atoms with E-state index in [1.165, 1.54) is 0 Å². The molecule has 1 heterocycles. The van der Waals surface area contributed by atoms with Gasteiger partial charge in [-0.15, -0.1) is 0 Å². The molecule has 3 rings (SSSR count). The minimum Gasteiger partial charge on any atom is -0.399 e. The van der Waals surface area contributed by atoms with Crippen LogP contribution in [0.5, 0.6) is 0 Å². The highest BCUT2D eigenvalue weighted by molar-refractivity contribution is 6.62. The molecular weight excluding hydrogens is 313 g/mol. The van der Waals surface area contributed by atoms with Crippen LogP contribution in [0.15, 0.2) is 54.6 Å². The Labute approximate surface area is 149 Å². The Morgan fingerprint density at radius 1 is 0.960 bits per heavy atom. The first-order valence-corrected chi connectivity index (χ1v) is 8.56. The first-order valence-electron chi connectivity index (χ1n) is 8.56. The van der Waals surface area contributed by atoms with E-state index in [2.05, 4.69) is 5.32 Å². The third-order valence-electron chi connectivity index (χ3n) is 4.90. The SMILES string of the molecule is CC1(C)OB(c2cccc(NC(=O)Cc3ccccc3)c2)OC1(C)C. The Morgan fingerprint density at radius 3 is 2.24 bits per heavy atom. The van der Waals surface area contributed by atoms with Crippen LogP contribution < -0.4 is 10.8 Å². The number of carbonyl (C=O) groups is 1. The van der Waals surface area contributed by atoms with Gasteiger partial charge in [-0.25, -0.2) is 0 Å². The van der Waals surface area contributed by atoms with Crippen molar-refractivity contribution in [3.8, 4) is 0 Å².